The number of carbonyl (C=O) groups excluding carboxylic acids is 1. The normalized spacial score (nSPS) is 10.7. The highest BCUT2D eigenvalue weighted by atomic mass is 79.9. The van der Waals surface area contributed by atoms with Crippen molar-refractivity contribution in [1.82, 2.24) is 14.8 Å². The predicted molar refractivity (Wildman–Crippen MR) is 130 cm³/mol. The fourth-order valence-corrected chi connectivity index (χ4v) is 4.44. The number of nitrogens with zero attached hydrogens (tertiary/aromatic N) is 3. The number of halogens is 4. The fraction of sp³-hybridized carbons (Fsp3) is 0.150. The van der Waals surface area contributed by atoms with Crippen molar-refractivity contribution in [1.29, 1.82) is 0 Å². The quantitative estimate of drug-likeness (QED) is 0.238. The van der Waals surface area contributed by atoms with Crippen LogP contribution in [0.15, 0.2) is 58.7 Å². The Hall–Kier alpha value is -1.71. The van der Waals surface area contributed by atoms with Crippen molar-refractivity contribution < 1.29 is 9.53 Å². The van der Waals surface area contributed by atoms with Gasteiger partial charge in [0.1, 0.15) is 12.4 Å². The monoisotopic (exact) mass is 560 g/mol. The number of aromatic nitrogens is 3. The van der Waals surface area contributed by atoms with Gasteiger partial charge in [-0.2, -0.15) is 0 Å². The Morgan fingerprint density at radius 1 is 1.19 bits per heavy atom. The van der Waals surface area contributed by atoms with E-state index < -0.39 is 0 Å². The molecule has 1 N–H and O–H groups in total. The maximum atomic E-state index is 12.3. The average molecular weight is 563 g/mol. The number of benzene rings is 2. The number of carbonyl (C=O) groups is 1. The molecule has 0 aliphatic rings. The zero-order valence-electron chi connectivity index (χ0n) is 15.9. The van der Waals surface area contributed by atoms with Crippen LogP contribution in [0.25, 0.3) is 0 Å². The smallest absolute Gasteiger partial charge is 0.234 e. The summed E-state index contributed by atoms with van der Waals surface area (Å²) >= 11 is 22.8. The molecule has 0 aliphatic carbocycles. The lowest BCUT2D eigenvalue weighted by Gasteiger charge is -2.10. The van der Waals surface area contributed by atoms with Crippen molar-refractivity contribution >= 4 is 74.1 Å². The summed E-state index contributed by atoms with van der Waals surface area (Å²) in [7, 11) is 0. The van der Waals surface area contributed by atoms with Crippen LogP contribution in [0, 0.1) is 0 Å². The molecule has 0 saturated heterocycles. The standard InChI is InChI=1S/C20H16BrCl3N4O2S/c1-2-7-28-18(10-30-17-6-4-13(22)9-15(17)24)26-27-20(28)31-11-19(29)25-16-5-3-12(21)8-14(16)23/h2-6,8-9H,1,7,10-11H2,(H,25,29). The first-order valence-electron chi connectivity index (χ1n) is 8.86. The van der Waals surface area contributed by atoms with E-state index >= 15 is 0 Å². The Bertz CT molecular complexity index is 1110. The first-order valence-corrected chi connectivity index (χ1v) is 11.8. The first-order chi connectivity index (χ1) is 14.9. The van der Waals surface area contributed by atoms with Crippen molar-refractivity contribution in [2.45, 2.75) is 18.3 Å². The van der Waals surface area contributed by atoms with Crippen LogP contribution in [0.1, 0.15) is 5.82 Å². The van der Waals surface area contributed by atoms with Gasteiger partial charge in [-0.05, 0) is 36.4 Å². The molecule has 0 aliphatic heterocycles. The van der Waals surface area contributed by atoms with Crippen LogP contribution in [0.2, 0.25) is 15.1 Å². The van der Waals surface area contributed by atoms with E-state index in [0.29, 0.717) is 44.0 Å². The minimum absolute atomic E-state index is 0.130. The largest absolute Gasteiger partial charge is 0.484 e. The van der Waals surface area contributed by atoms with Gasteiger partial charge in [-0.15, -0.1) is 16.8 Å². The molecule has 0 unspecified atom stereocenters. The van der Waals surface area contributed by atoms with Gasteiger partial charge < -0.3 is 10.1 Å². The molecule has 1 amide bonds. The van der Waals surface area contributed by atoms with Gasteiger partial charge in [0, 0.05) is 16.0 Å². The van der Waals surface area contributed by atoms with Crippen LogP contribution in [0.4, 0.5) is 5.69 Å². The fourth-order valence-electron chi connectivity index (χ4n) is 2.49. The highest BCUT2D eigenvalue weighted by Gasteiger charge is 2.15. The van der Waals surface area contributed by atoms with E-state index in [1.54, 1.807) is 42.5 Å². The maximum absolute atomic E-state index is 12.3. The Kier molecular flexibility index (Phi) is 8.68. The van der Waals surface area contributed by atoms with Gasteiger partial charge in [0.25, 0.3) is 0 Å². The second-order valence-electron chi connectivity index (χ2n) is 6.12. The Morgan fingerprint density at radius 3 is 2.71 bits per heavy atom. The molecule has 11 heteroatoms. The number of amides is 1. The number of thioether (sulfide) groups is 1. The van der Waals surface area contributed by atoms with Gasteiger partial charge in [0.15, 0.2) is 11.0 Å². The zero-order valence-corrected chi connectivity index (χ0v) is 20.6. The van der Waals surface area contributed by atoms with Gasteiger partial charge in [-0.25, -0.2) is 0 Å². The lowest BCUT2D eigenvalue weighted by Crippen LogP contribution is -2.15. The second kappa shape index (κ2) is 11.2. The van der Waals surface area contributed by atoms with E-state index in [1.165, 1.54) is 11.8 Å². The molecule has 1 heterocycles. The third-order valence-electron chi connectivity index (χ3n) is 3.89. The third-order valence-corrected chi connectivity index (χ3v) is 6.20. The SMILES string of the molecule is C=CCn1c(COc2ccc(Cl)cc2Cl)nnc1SCC(=O)Nc1ccc(Br)cc1Cl. The number of rotatable bonds is 9. The summed E-state index contributed by atoms with van der Waals surface area (Å²) in [6.45, 7) is 4.37. The lowest BCUT2D eigenvalue weighted by atomic mass is 10.3. The first kappa shape index (κ1) is 23.9. The molecule has 0 atom stereocenters. The van der Waals surface area contributed by atoms with E-state index in [9.17, 15) is 4.79 Å². The number of anilines is 1. The van der Waals surface area contributed by atoms with Crippen molar-refractivity contribution in [2.24, 2.45) is 0 Å². The van der Waals surface area contributed by atoms with Crippen LogP contribution < -0.4 is 10.1 Å². The maximum Gasteiger partial charge on any atom is 0.234 e. The Labute approximate surface area is 207 Å². The van der Waals surface area contributed by atoms with Gasteiger partial charge in [0.2, 0.25) is 5.91 Å². The van der Waals surface area contributed by atoms with E-state index in [2.05, 4.69) is 38.0 Å². The van der Waals surface area contributed by atoms with Crippen molar-refractivity contribution in [2.75, 3.05) is 11.1 Å². The molecule has 162 valence electrons. The van der Waals surface area contributed by atoms with Crippen LogP contribution in [0.3, 0.4) is 0 Å². The van der Waals surface area contributed by atoms with Crippen molar-refractivity contribution in [3.05, 3.63) is 74.4 Å². The number of hydrogen-bond acceptors (Lipinski definition) is 5. The summed E-state index contributed by atoms with van der Waals surface area (Å²) < 4.78 is 8.40. The van der Waals surface area contributed by atoms with Gasteiger partial charge in [-0.3, -0.25) is 9.36 Å². The molecular weight excluding hydrogens is 547 g/mol. The average Bonchev–Trinajstić information content (AvgIpc) is 3.10. The van der Waals surface area contributed by atoms with Crippen LogP contribution >= 0.6 is 62.5 Å². The lowest BCUT2D eigenvalue weighted by molar-refractivity contribution is -0.113. The molecule has 0 fully saturated rings. The third kappa shape index (κ3) is 6.63. The highest BCUT2D eigenvalue weighted by Crippen LogP contribution is 2.29. The summed E-state index contributed by atoms with van der Waals surface area (Å²) in [4.78, 5) is 12.3. The number of ether oxygens (including phenoxy) is 1. The molecule has 3 rings (SSSR count). The van der Waals surface area contributed by atoms with Crippen molar-refractivity contribution in [3.63, 3.8) is 0 Å². The zero-order chi connectivity index (χ0) is 22.4. The Morgan fingerprint density at radius 2 is 2.00 bits per heavy atom. The molecule has 6 nitrogen and oxygen atoms in total. The number of hydrogen-bond donors (Lipinski definition) is 1. The summed E-state index contributed by atoms with van der Waals surface area (Å²) in [5.74, 6) is 0.975. The summed E-state index contributed by atoms with van der Waals surface area (Å²) in [6, 6.07) is 10.2. The molecule has 0 saturated carbocycles. The number of allylic oxidation sites excluding steroid dienone is 1. The molecular formula is C20H16BrCl3N4O2S. The number of nitrogens with one attached hydrogen (secondary N) is 1. The van der Waals surface area contributed by atoms with E-state index in [4.69, 9.17) is 39.5 Å². The second-order valence-corrected chi connectivity index (χ2v) is 9.23. The summed E-state index contributed by atoms with van der Waals surface area (Å²) in [5.41, 5.74) is 0.539. The molecule has 0 spiro atoms. The minimum atomic E-state index is -0.215. The molecule has 1 aromatic heterocycles. The minimum Gasteiger partial charge on any atom is -0.484 e. The van der Waals surface area contributed by atoms with Crippen LogP contribution in [0.5, 0.6) is 5.75 Å². The molecule has 2 aromatic carbocycles. The van der Waals surface area contributed by atoms with E-state index in [0.717, 1.165) is 4.47 Å². The molecule has 0 radical (unpaired) electrons. The van der Waals surface area contributed by atoms with Crippen molar-refractivity contribution in [3.8, 4) is 5.75 Å². The molecule has 31 heavy (non-hydrogen) atoms. The highest BCUT2D eigenvalue weighted by molar-refractivity contribution is 9.10. The van der Waals surface area contributed by atoms with Crippen LogP contribution in [-0.4, -0.2) is 26.4 Å². The van der Waals surface area contributed by atoms with E-state index in [-0.39, 0.29) is 18.3 Å². The summed E-state index contributed by atoms with van der Waals surface area (Å²) in [6.07, 6.45) is 1.72. The topological polar surface area (TPSA) is 69.0 Å². The van der Waals surface area contributed by atoms with E-state index in [1.807, 2.05) is 4.57 Å². The predicted octanol–water partition coefficient (Wildman–Crippen LogP) is 6.50. The van der Waals surface area contributed by atoms with Crippen LogP contribution in [-0.2, 0) is 17.9 Å². The Balaban J connectivity index is 1.64. The van der Waals surface area contributed by atoms with Gasteiger partial charge in [-0.1, -0.05) is 68.6 Å². The molecule has 0 bridgehead atoms. The van der Waals surface area contributed by atoms with Gasteiger partial charge >= 0.3 is 0 Å². The van der Waals surface area contributed by atoms with Gasteiger partial charge in [0.05, 0.1) is 21.5 Å². The summed E-state index contributed by atoms with van der Waals surface area (Å²) in [5, 5.41) is 13.1. The molecule has 3 aromatic rings.